The SMILES string of the molecule is CCCN(c1ccccc1N)C1CCC(C)C(C)C1. The van der Waals surface area contributed by atoms with Gasteiger partial charge in [0.15, 0.2) is 0 Å². The molecule has 1 aromatic carbocycles. The fraction of sp³-hybridized carbons (Fsp3) is 0.647. The zero-order valence-corrected chi connectivity index (χ0v) is 12.6. The number of rotatable bonds is 4. The molecule has 2 N–H and O–H groups in total. The largest absolute Gasteiger partial charge is 0.397 e. The molecule has 0 heterocycles. The molecule has 2 heteroatoms. The fourth-order valence-corrected chi connectivity index (χ4v) is 3.29. The van der Waals surface area contributed by atoms with Gasteiger partial charge in [-0.2, -0.15) is 0 Å². The molecular weight excluding hydrogens is 232 g/mol. The van der Waals surface area contributed by atoms with E-state index in [-0.39, 0.29) is 0 Å². The smallest absolute Gasteiger partial charge is 0.0602 e. The van der Waals surface area contributed by atoms with Crippen LogP contribution in [-0.2, 0) is 0 Å². The lowest BCUT2D eigenvalue weighted by molar-refractivity contribution is 0.244. The third kappa shape index (κ3) is 3.23. The number of benzene rings is 1. The molecule has 0 aromatic heterocycles. The normalized spacial score (nSPS) is 27.2. The van der Waals surface area contributed by atoms with Crippen LogP contribution in [0.3, 0.4) is 0 Å². The monoisotopic (exact) mass is 260 g/mol. The predicted molar refractivity (Wildman–Crippen MR) is 84.5 cm³/mol. The van der Waals surface area contributed by atoms with Crippen molar-refractivity contribution in [2.75, 3.05) is 17.2 Å². The second kappa shape index (κ2) is 6.31. The molecule has 1 aliphatic rings. The van der Waals surface area contributed by atoms with E-state index in [1.54, 1.807) is 0 Å². The average Bonchev–Trinajstić information content (AvgIpc) is 2.40. The molecule has 1 fully saturated rings. The number of hydrogen-bond acceptors (Lipinski definition) is 2. The summed E-state index contributed by atoms with van der Waals surface area (Å²) in [5.41, 5.74) is 8.33. The van der Waals surface area contributed by atoms with Crippen LogP contribution < -0.4 is 10.6 Å². The van der Waals surface area contributed by atoms with Crippen LogP contribution in [0.1, 0.15) is 46.5 Å². The predicted octanol–water partition coefficient (Wildman–Crippen LogP) is 4.31. The molecule has 19 heavy (non-hydrogen) atoms. The van der Waals surface area contributed by atoms with Crippen LogP contribution in [0.2, 0.25) is 0 Å². The molecule has 1 aromatic rings. The summed E-state index contributed by atoms with van der Waals surface area (Å²) < 4.78 is 0. The van der Waals surface area contributed by atoms with Crippen molar-refractivity contribution in [3.8, 4) is 0 Å². The maximum atomic E-state index is 6.18. The molecular formula is C17H28N2. The van der Waals surface area contributed by atoms with Gasteiger partial charge in [0.2, 0.25) is 0 Å². The number of nitrogens with zero attached hydrogens (tertiary/aromatic N) is 1. The third-order valence-electron chi connectivity index (χ3n) is 4.72. The molecule has 0 spiro atoms. The van der Waals surface area contributed by atoms with Gasteiger partial charge >= 0.3 is 0 Å². The Morgan fingerprint density at radius 1 is 1.16 bits per heavy atom. The molecule has 0 saturated heterocycles. The van der Waals surface area contributed by atoms with Crippen molar-refractivity contribution in [3.05, 3.63) is 24.3 Å². The Hall–Kier alpha value is -1.18. The molecule has 1 aliphatic carbocycles. The molecule has 1 saturated carbocycles. The zero-order valence-electron chi connectivity index (χ0n) is 12.6. The lowest BCUT2D eigenvalue weighted by Crippen LogP contribution is -2.41. The van der Waals surface area contributed by atoms with Gasteiger partial charge < -0.3 is 10.6 Å². The van der Waals surface area contributed by atoms with Gasteiger partial charge in [-0.3, -0.25) is 0 Å². The summed E-state index contributed by atoms with van der Waals surface area (Å²) in [5, 5.41) is 0. The van der Waals surface area contributed by atoms with Gasteiger partial charge in [0.1, 0.15) is 0 Å². The van der Waals surface area contributed by atoms with Gasteiger partial charge in [-0.1, -0.05) is 32.9 Å². The van der Waals surface area contributed by atoms with Crippen molar-refractivity contribution in [1.82, 2.24) is 0 Å². The van der Waals surface area contributed by atoms with Gasteiger partial charge in [-0.15, -0.1) is 0 Å². The number of para-hydroxylation sites is 2. The van der Waals surface area contributed by atoms with E-state index in [4.69, 9.17) is 5.73 Å². The Balaban J connectivity index is 2.19. The molecule has 3 unspecified atom stereocenters. The maximum absolute atomic E-state index is 6.18. The number of anilines is 2. The Morgan fingerprint density at radius 2 is 1.89 bits per heavy atom. The highest BCUT2D eigenvalue weighted by Crippen LogP contribution is 2.35. The summed E-state index contributed by atoms with van der Waals surface area (Å²) in [5.74, 6) is 1.69. The standard InChI is InChI=1S/C17H28N2/c1-4-11-19(17-8-6-5-7-16(17)18)15-10-9-13(2)14(3)12-15/h5-8,13-15H,4,9-12,18H2,1-3H3. The summed E-state index contributed by atoms with van der Waals surface area (Å²) in [6.45, 7) is 8.15. The van der Waals surface area contributed by atoms with E-state index in [1.165, 1.54) is 31.4 Å². The van der Waals surface area contributed by atoms with E-state index >= 15 is 0 Å². The van der Waals surface area contributed by atoms with Crippen molar-refractivity contribution in [3.63, 3.8) is 0 Å². The second-order valence-corrected chi connectivity index (χ2v) is 6.17. The molecule has 3 atom stereocenters. The molecule has 0 aliphatic heterocycles. The first-order chi connectivity index (χ1) is 9.13. The van der Waals surface area contributed by atoms with Crippen LogP contribution in [0.15, 0.2) is 24.3 Å². The highest BCUT2D eigenvalue weighted by molar-refractivity contribution is 5.67. The lowest BCUT2D eigenvalue weighted by atomic mass is 9.78. The topological polar surface area (TPSA) is 29.3 Å². The second-order valence-electron chi connectivity index (χ2n) is 6.17. The Kier molecular flexibility index (Phi) is 4.73. The number of nitrogen functional groups attached to an aromatic ring is 1. The maximum Gasteiger partial charge on any atom is 0.0602 e. The lowest BCUT2D eigenvalue weighted by Gasteiger charge is -2.41. The minimum Gasteiger partial charge on any atom is -0.397 e. The van der Waals surface area contributed by atoms with Gasteiger partial charge in [-0.25, -0.2) is 0 Å². The average molecular weight is 260 g/mol. The number of nitrogens with two attached hydrogens (primary N) is 1. The third-order valence-corrected chi connectivity index (χ3v) is 4.72. The highest BCUT2D eigenvalue weighted by atomic mass is 15.2. The zero-order chi connectivity index (χ0) is 13.8. The van der Waals surface area contributed by atoms with Gasteiger partial charge in [0.25, 0.3) is 0 Å². The van der Waals surface area contributed by atoms with Crippen molar-refractivity contribution in [1.29, 1.82) is 0 Å². The van der Waals surface area contributed by atoms with Crippen molar-refractivity contribution >= 4 is 11.4 Å². The number of hydrogen-bond donors (Lipinski definition) is 1. The molecule has 2 rings (SSSR count). The van der Waals surface area contributed by atoms with Crippen molar-refractivity contribution in [2.45, 2.75) is 52.5 Å². The molecule has 0 bridgehead atoms. The minimum absolute atomic E-state index is 0.663. The van der Waals surface area contributed by atoms with Crippen LogP contribution in [0.4, 0.5) is 11.4 Å². The molecule has 2 nitrogen and oxygen atoms in total. The van der Waals surface area contributed by atoms with Gasteiger partial charge in [0, 0.05) is 12.6 Å². The van der Waals surface area contributed by atoms with Gasteiger partial charge in [-0.05, 0) is 49.7 Å². The van der Waals surface area contributed by atoms with Crippen LogP contribution in [0, 0.1) is 11.8 Å². The first-order valence-corrected chi connectivity index (χ1v) is 7.74. The Morgan fingerprint density at radius 3 is 2.53 bits per heavy atom. The molecule has 106 valence electrons. The van der Waals surface area contributed by atoms with E-state index in [1.807, 2.05) is 12.1 Å². The van der Waals surface area contributed by atoms with Crippen LogP contribution in [0.25, 0.3) is 0 Å². The van der Waals surface area contributed by atoms with Crippen molar-refractivity contribution in [2.24, 2.45) is 11.8 Å². The van der Waals surface area contributed by atoms with E-state index in [0.717, 1.165) is 24.1 Å². The fourth-order valence-electron chi connectivity index (χ4n) is 3.29. The van der Waals surface area contributed by atoms with E-state index in [0.29, 0.717) is 6.04 Å². The Labute approximate surface area is 118 Å². The molecule has 0 amide bonds. The first-order valence-electron chi connectivity index (χ1n) is 7.74. The summed E-state index contributed by atoms with van der Waals surface area (Å²) in [6, 6.07) is 8.98. The van der Waals surface area contributed by atoms with Crippen LogP contribution in [-0.4, -0.2) is 12.6 Å². The highest BCUT2D eigenvalue weighted by Gasteiger charge is 2.29. The Bertz CT molecular complexity index is 402. The van der Waals surface area contributed by atoms with E-state index in [9.17, 15) is 0 Å². The minimum atomic E-state index is 0.663. The first kappa shape index (κ1) is 14.2. The van der Waals surface area contributed by atoms with Gasteiger partial charge in [0.05, 0.1) is 11.4 Å². The summed E-state index contributed by atoms with van der Waals surface area (Å²) in [6.07, 6.45) is 5.13. The van der Waals surface area contributed by atoms with Crippen molar-refractivity contribution < 1.29 is 0 Å². The summed E-state index contributed by atoms with van der Waals surface area (Å²) in [4.78, 5) is 2.55. The van der Waals surface area contributed by atoms with E-state index < -0.39 is 0 Å². The van der Waals surface area contributed by atoms with Crippen LogP contribution >= 0.6 is 0 Å². The van der Waals surface area contributed by atoms with Crippen LogP contribution in [0.5, 0.6) is 0 Å². The quantitative estimate of drug-likeness (QED) is 0.817. The molecule has 0 radical (unpaired) electrons. The van der Waals surface area contributed by atoms with E-state index in [2.05, 4.69) is 37.8 Å². The summed E-state index contributed by atoms with van der Waals surface area (Å²) in [7, 11) is 0. The summed E-state index contributed by atoms with van der Waals surface area (Å²) >= 11 is 0.